The second-order valence-electron chi connectivity index (χ2n) is 7.02. The van der Waals surface area contributed by atoms with E-state index < -0.39 is 6.10 Å². The Morgan fingerprint density at radius 1 is 1.29 bits per heavy atom. The van der Waals surface area contributed by atoms with Gasteiger partial charge in [0.25, 0.3) is 5.91 Å². The van der Waals surface area contributed by atoms with Gasteiger partial charge in [-0.2, -0.15) is 10.2 Å². The number of carbonyl (C=O) groups excluding carboxylic acids is 1. The Bertz CT molecular complexity index is 750. The van der Waals surface area contributed by atoms with Crippen molar-refractivity contribution in [2.75, 3.05) is 13.1 Å². The number of aryl methyl sites for hydroxylation is 2. The van der Waals surface area contributed by atoms with Gasteiger partial charge in [-0.3, -0.25) is 15.0 Å². The summed E-state index contributed by atoms with van der Waals surface area (Å²) in [6, 6.07) is 1.99. The number of β-amino-alcohol motifs (C(OH)–C–C–N with tert-alkyl or cyclic N) is 1. The number of hydrogen-bond donors (Lipinski definition) is 3. The van der Waals surface area contributed by atoms with Gasteiger partial charge < -0.3 is 10.0 Å². The summed E-state index contributed by atoms with van der Waals surface area (Å²) < 4.78 is 0. The molecule has 0 unspecified atom stereocenters. The van der Waals surface area contributed by atoms with Crippen molar-refractivity contribution in [1.82, 2.24) is 25.3 Å². The van der Waals surface area contributed by atoms with Gasteiger partial charge in [0.15, 0.2) is 5.69 Å². The molecular weight excluding hydrogens is 306 g/mol. The maximum Gasteiger partial charge on any atom is 0.274 e. The molecule has 2 aromatic rings. The van der Waals surface area contributed by atoms with Gasteiger partial charge in [0.05, 0.1) is 11.8 Å². The molecule has 0 bridgehead atoms. The highest BCUT2D eigenvalue weighted by Gasteiger charge is 2.36. The summed E-state index contributed by atoms with van der Waals surface area (Å²) in [6.45, 7) is 2.88. The molecule has 24 heavy (non-hydrogen) atoms. The zero-order valence-electron chi connectivity index (χ0n) is 13.9. The molecule has 3 N–H and O–H groups in total. The molecule has 0 spiro atoms. The number of carbonyl (C=O) groups is 1. The molecule has 7 heteroatoms. The van der Waals surface area contributed by atoms with E-state index in [0.717, 1.165) is 48.3 Å². The first-order valence-electron chi connectivity index (χ1n) is 8.66. The minimum absolute atomic E-state index is 0.0198. The van der Waals surface area contributed by atoms with Crippen LogP contribution in [0.1, 0.15) is 46.0 Å². The minimum Gasteiger partial charge on any atom is -0.391 e. The van der Waals surface area contributed by atoms with Crippen LogP contribution in [0.3, 0.4) is 0 Å². The quantitative estimate of drug-likeness (QED) is 0.782. The Kier molecular flexibility index (Phi) is 3.88. The van der Waals surface area contributed by atoms with Gasteiger partial charge in [0, 0.05) is 36.0 Å². The number of aliphatic hydroxyl groups is 1. The van der Waals surface area contributed by atoms with Crippen LogP contribution in [-0.4, -0.2) is 55.5 Å². The molecule has 1 saturated heterocycles. The Labute approximate surface area is 140 Å². The molecule has 0 aromatic carbocycles. The fraction of sp³-hybridized carbons (Fsp3) is 0.588. The predicted octanol–water partition coefficient (Wildman–Crippen LogP) is 0.996. The molecule has 3 heterocycles. The third-order valence-corrected chi connectivity index (χ3v) is 5.18. The SMILES string of the molecule is Cc1cc(C[C@@H]2CN(C(=O)c3n[nH]c4c3CCCC4)C[C@@H]2O)n[nH]1. The first kappa shape index (κ1) is 15.4. The Balaban J connectivity index is 1.47. The largest absolute Gasteiger partial charge is 0.391 e. The monoisotopic (exact) mass is 329 g/mol. The van der Waals surface area contributed by atoms with Crippen LogP contribution in [0.25, 0.3) is 0 Å². The molecule has 128 valence electrons. The van der Waals surface area contributed by atoms with Crippen molar-refractivity contribution < 1.29 is 9.90 Å². The van der Waals surface area contributed by atoms with E-state index in [-0.39, 0.29) is 11.8 Å². The summed E-state index contributed by atoms with van der Waals surface area (Å²) in [7, 11) is 0. The molecule has 0 saturated carbocycles. The van der Waals surface area contributed by atoms with Crippen LogP contribution in [0.15, 0.2) is 6.07 Å². The van der Waals surface area contributed by atoms with E-state index in [1.807, 2.05) is 13.0 Å². The third kappa shape index (κ3) is 2.73. The first-order chi connectivity index (χ1) is 11.6. The molecule has 2 aromatic heterocycles. The summed E-state index contributed by atoms with van der Waals surface area (Å²) in [5.41, 5.74) is 4.67. The van der Waals surface area contributed by atoms with Crippen molar-refractivity contribution in [2.24, 2.45) is 5.92 Å². The van der Waals surface area contributed by atoms with Gasteiger partial charge in [-0.25, -0.2) is 0 Å². The molecular formula is C17H23N5O2. The predicted molar refractivity (Wildman–Crippen MR) is 87.7 cm³/mol. The number of nitrogens with one attached hydrogen (secondary N) is 2. The zero-order chi connectivity index (χ0) is 16.7. The third-order valence-electron chi connectivity index (χ3n) is 5.18. The van der Waals surface area contributed by atoms with Crippen molar-refractivity contribution >= 4 is 5.91 Å². The number of amides is 1. The summed E-state index contributed by atoms with van der Waals surface area (Å²) in [5, 5.41) is 24.8. The average molecular weight is 329 g/mol. The highest BCUT2D eigenvalue weighted by Crippen LogP contribution is 2.26. The second-order valence-corrected chi connectivity index (χ2v) is 7.02. The number of aromatic nitrogens is 4. The lowest BCUT2D eigenvalue weighted by Gasteiger charge is -2.17. The topological polar surface area (TPSA) is 97.9 Å². The maximum atomic E-state index is 12.8. The number of likely N-dealkylation sites (tertiary alicyclic amines) is 1. The molecule has 1 aliphatic heterocycles. The number of fused-ring (bicyclic) bond motifs is 1. The van der Waals surface area contributed by atoms with Crippen molar-refractivity contribution in [3.8, 4) is 0 Å². The Morgan fingerprint density at radius 3 is 2.92 bits per heavy atom. The van der Waals surface area contributed by atoms with Crippen LogP contribution in [0.4, 0.5) is 0 Å². The highest BCUT2D eigenvalue weighted by molar-refractivity contribution is 5.94. The van der Waals surface area contributed by atoms with Crippen LogP contribution in [0.5, 0.6) is 0 Å². The molecule has 7 nitrogen and oxygen atoms in total. The van der Waals surface area contributed by atoms with Crippen LogP contribution >= 0.6 is 0 Å². The number of H-pyrrole nitrogens is 2. The van der Waals surface area contributed by atoms with E-state index in [1.54, 1.807) is 4.90 Å². The molecule has 1 aliphatic carbocycles. The summed E-state index contributed by atoms with van der Waals surface area (Å²) in [5.74, 6) is -0.0411. The summed E-state index contributed by atoms with van der Waals surface area (Å²) in [4.78, 5) is 14.6. The van der Waals surface area contributed by atoms with Crippen LogP contribution < -0.4 is 0 Å². The van der Waals surface area contributed by atoms with Gasteiger partial charge in [-0.15, -0.1) is 0 Å². The number of rotatable bonds is 3. The van der Waals surface area contributed by atoms with Crippen LogP contribution in [0.2, 0.25) is 0 Å². The van der Waals surface area contributed by atoms with Crippen LogP contribution in [0, 0.1) is 12.8 Å². The lowest BCUT2D eigenvalue weighted by atomic mass is 9.95. The minimum atomic E-state index is -0.513. The summed E-state index contributed by atoms with van der Waals surface area (Å²) in [6.07, 6.45) is 4.31. The van der Waals surface area contributed by atoms with E-state index in [0.29, 0.717) is 25.2 Å². The molecule has 1 fully saturated rings. The van der Waals surface area contributed by atoms with Gasteiger partial charge in [-0.05, 0) is 45.1 Å². The average Bonchev–Trinajstić information content (AvgIpc) is 3.27. The number of nitrogens with zero attached hydrogens (tertiary/aromatic N) is 3. The highest BCUT2D eigenvalue weighted by atomic mass is 16.3. The van der Waals surface area contributed by atoms with E-state index in [1.165, 1.54) is 0 Å². The van der Waals surface area contributed by atoms with Gasteiger partial charge in [-0.1, -0.05) is 0 Å². The van der Waals surface area contributed by atoms with Crippen molar-refractivity contribution in [2.45, 2.75) is 45.1 Å². The molecule has 0 radical (unpaired) electrons. The lowest BCUT2D eigenvalue weighted by molar-refractivity contribution is 0.0757. The number of hydrogen-bond acceptors (Lipinski definition) is 4. The summed E-state index contributed by atoms with van der Waals surface area (Å²) >= 11 is 0. The fourth-order valence-electron chi connectivity index (χ4n) is 3.88. The first-order valence-corrected chi connectivity index (χ1v) is 8.66. The number of aliphatic hydroxyl groups excluding tert-OH is 1. The van der Waals surface area contributed by atoms with Crippen LogP contribution in [-0.2, 0) is 19.3 Å². The smallest absolute Gasteiger partial charge is 0.274 e. The Morgan fingerprint density at radius 2 is 2.12 bits per heavy atom. The molecule has 2 atom stereocenters. The Hall–Kier alpha value is -2.15. The second kappa shape index (κ2) is 6.05. The van der Waals surface area contributed by atoms with Gasteiger partial charge in [0.2, 0.25) is 0 Å². The van der Waals surface area contributed by atoms with Crippen molar-refractivity contribution in [3.05, 3.63) is 34.4 Å². The maximum absolute atomic E-state index is 12.8. The van der Waals surface area contributed by atoms with E-state index >= 15 is 0 Å². The van der Waals surface area contributed by atoms with E-state index in [4.69, 9.17) is 0 Å². The molecule has 4 rings (SSSR count). The standard InChI is InChI=1S/C17H23N5O2/c1-10-6-12(19-18-10)7-11-8-22(9-15(11)23)17(24)16-13-4-2-3-5-14(13)20-21-16/h6,11,15,23H,2-5,7-9H2,1H3,(H,18,19)(H,20,21)/t11-,15+/m1/s1. The van der Waals surface area contributed by atoms with Gasteiger partial charge in [0.1, 0.15) is 0 Å². The zero-order valence-corrected chi connectivity index (χ0v) is 13.9. The number of aromatic amines is 2. The van der Waals surface area contributed by atoms with Gasteiger partial charge >= 0.3 is 0 Å². The van der Waals surface area contributed by atoms with E-state index in [2.05, 4.69) is 20.4 Å². The normalized spacial score (nSPS) is 23.5. The van der Waals surface area contributed by atoms with E-state index in [9.17, 15) is 9.90 Å². The molecule has 2 aliphatic rings. The lowest BCUT2D eigenvalue weighted by Crippen LogP contribution is -2.30. The fourth-order valence-corrected chi connectivity index (χ4v) is 3.88. The van der Waals surface area contributed by atoms with Crippen molar-refractivity contribution in [1.29, 1.82) is 0 Å². The molecule has 1 amide bonds. The van der Waals surface area contributed by atoms with Crippen molar-refractivity contribution in [3.63, 3.8) is 0 Å².